The number of pyridine rings is 1. The molecule has 0 spiro atoms. The van der Waals surface area contributed by atoms with Crippen molar-refractivity contribution in [1.82, 2.24) is 9.88 Å². The van der Waals surface area contributed by atoms with Crippen molar-refractivity contribution in [2.75, 3.05) is 0 Å². The third-order valence-corrected chi connectivity index (χ3v) is 5.13. The molecule has 30 heavy (non-hydrogen) atoms. The number of likely N-dealkylation sites (tertiary alicyclic amines) is 1. The van der Waals surface area contributed by atoms with Crippen molar-refractivity contribution in [1.29, 1.82) is 0 Å². The van der Waals surface area contributed by atoms with Gasteiger partial charge in [-0.1, -0.05) is 18.2 Å². The fourth-order valence-electron chi connectivity index (χ4n) is 3.68. The lowest BCUT2D eigenvalue weighted by Crippen LogP contribution is -2.30. The zero-order valence-corrected chi connectivity index (χ0v) is 15.7. The molecule has 2 aromatic carbocycles. The maximum Gasteiger partial charge on any atom is 0.291 e. The highest BCUT2D eigenvalue weighted by atomic mass is 19.1. The molecule has 1 N–H and O–H groups in total. The molecule has 6 nitrogen and oxygen atoms in total. The predicted molar refractivity (Wildman–Crippen MR) is 105 cm³/mol. The van der Waals surface area contributed by atoms with Crippen LogP contribution in [0.5, 0.6) is 5.75 Å². The average Bonchev–Trinajstić information content (AvgIpc) is 3.00. The second kappa shape index (κ2) is 7.87. The number of Topliss-reactive ketones (excluding diaryl/α,β-unsaturated/α-hetero) is 2. The second-order valence-corrected chi connectivity index (χ2v) is 7.04. The normalized spacial score (nSPS) is 18.6. The van der Waals surface area contributed by atoms with Crippen LogP contribution in [0, 0.1) is 11.7 Å². The molecular weight excluding hydrogens is 387 g/mol. The third kappa shape index (κ3) is 3.57. The fraction of sp³-hybridized carbons (Fsp3) is 0.130. The van der Waals surface area contributed by atoms with Gasteiger partial charge in [-0.05, 0) is 53.6 Å². The Balaban J connectivity index is 1.77. The molecule has 2 heterocycles. The number of amides is 1. The topological polar surface area (TPSA) is 87.6 Å². The van der Waals surface area contributed by atoms with E-state index < -0.39 is 35.3 Å². The van der Waals surface area contributed by atoms with Crippen molar-refractivity contribution in [3.8, 4) is 5.75 Å². The lowest BCUT2D eigenvalue weighted by Gasteiger charge is -2.27. The van der Waals surface area contributed by atoms with Gasteiger partial charge >= 0.3 is 0 Å². The number of aromatic hydroxyl groups is 1. The smallest absolute Gasteiger partial charge is 0.291 e. The van der Waals surface area contributed by atoms with E-state index in [0.29, 0.717) is 11.1 Å². The molecule has 1 aromatic heterocycles. The van der Waals surface area contributed by atoms with Crippen molar-refractivity contribution in [3.05, 3.63) is 95.6 Å². The maximum atomic E-state index is 13.3. The number of nitrogens with zero attached hydrogens (tertiary/aromatic N) is 2. The minimum absolute atomic E-state index is 0.0228. The van der Waals surface area contributed by atoms with Gasteiger partial charge in [0.25, 0.3) is 5.91 Å². The number of carbonyl (C=O) groups excluding carboxylic acids is 3. The molecule has 0 aliphatic carbocycles. The van der Waals surface area contributed by atoms with E-state index in [4.69, 9.17) is 0 Å². The fourth-order valence-corrected chi connectivity index (χ4v) is 3.68. The molecule has 0 saturated carbocycles. The molecule has 150 valence electrons. The Labute approximate surface area is 171 Å². The number of carbonyl (C=O) groups is 3. The number of halogens is 1. The number of phenolic OH excluding ortho intramolecular Hbond substituents is 1. The van der Waals surface area contributed by atoms with Gasteiger partial charge in [0.05, 0.1) is 6.04 Å². The molecule has 2 unspecified atom stereocenters. The van der Waals surface area contributed by atoms with Crippen LogP contribution in [-0.2, 0) is 16.1 Å². The van der Waals surface area contributed by atoms with E-state index in [1.807, 2.05) is 0 Å². The van der Waals surface area contributed by atoms with E-state index >= 15 is 0 Å². The first-order chi connectivity index (χ1) is 14.5. The van der Waals surface area contributed by atoms with Crippen LogP contribution in [0.3, 0.4) is 0 Å². The van der Waals surface area contributed by atoms with Crippen molar-refractivity contribution in [3.63, 3.8) is 0 Å². The van der Waals surface area contributed by atoms with Gasteiger partial charge in [-0.25, -0.2) is 4.39 Å². The Morgan fingerprint density at radius 3 is 2.37 bits per heavy atom. The molecule has 0 bridgehead atoms. The van der Waals surface area contributed by atoms with E-state index in [-0.39, 0.29) is 17.9 Å². The molecule has 0 radical (unpaired) electrons. The predicted octanol–water partition coefficient (Wildman–Crippen LogP) is 3.08. The quantitative estimate of drug-likeness (QED) is 0.401. The molecule has 2 atom stereocenters. The van der Waals surface area contributed by atoms with Gasteiger partial charge in [0, 0.05) is 24.5 Å². The number of benzene rings is 2. The van der Waals surface area contributed by atoms with Crippen LogP contribution in [0.4, 0.5) is 4.39 Å². The van der Waals surface area contributed by atoms with Gasteiger partial charge in [0.2, 0.25) is 5.78 Å². The van der Waals surface area contributed by atoms with E-state index in [2.05, 4.69) is 4.98 Å². The lowest BCUT2D eigenvalue weighted by atomic mass is 9.86. The number of hydrogen-bond donors (Lipinski definition) is 1. The van der Waals surface area contributed by atoms with Gasteiger partial charge in [0.15, 0.2) is 5.78 Å². The minimum Gasteiger partial charge on any atom is -0.508 e. The molecular formula is C23H17FN2O4. The third-order valence-electron chi connectivity index (χ3n) is 5.13. The average molecular weight is 404 g/mol. The number of rotatable bonds is 5. The van der Waals surface area contributed by atoms with Crippen LogP contribution in [0.25, 0.3) is 0 Å². The van der Waals surface area contributed by atoms with Crippen molar-refractivity contribution in [2.24, 2.45) is 5.92 Å². The van der Waals surface area contributed by atoms with E-state index in [0.717, 1.165) is 12.1 Å². The first kappa shape index (κ1) is 19.4. The van der Waals surface area contributed by atoms with Gasteiger partial charge in [-0.2, -0.15) is 0 Å². The van der Waals surface area contributed by atoms with Crippen molar-refractivity contribution < 1.29 is 23.9 Å². The summed E-state index contributed by atoms with van der Waals surface area (Å²) >= 11 is 0. The summed E-state index contributed by atoms with van der Waals surface area (Å²) in [5.41, 5.74) is 1.39. The summed E-state index contributed by atoms with van der Waals surface area (Å²) in [6, 6.07) is 13.5. The minimum atomic E-state index is -1.27. The number of hydrogen-bond acceptors (Lipinski definition) is 5. The SMILES string of the molecule is O=C1C(=O)N(Cc2cccnc2)C(c2ccc(O)cc2)C1C(=O)c1ccc(F)cc1. The van der Waals surface area contributed by atoms with E-state index in [9.17, 15) is 23.9 Å². The first-order valence-corrected chi connectivity index (χ1v) is 9.28. The van der Waals surface area contributed by atoms with Gasteiger partial charge in [0.1, 0.15) is 17.5 Å². The standard InChI is InChI=1S/C23H17FN2O4/c24-17-7-3-16(4-8-17)21(28)19-20(15-5-9-18(27)10-6-15)26(23(30)22(19)29)13-14-2-1-11-25-12-14/h1-12,19-20,27H,13H2. The summed E-state index contributed by atoms with van der Waals surface area (Å²) in [7, 11) is 0. The molecule has 1 fully saturated rings. The van der Waals surface area contributed by atoms with Crippen LogP contribution < -0.4 is 0 Å². The zero-order valence-electron chi connectivity index (χ0n) is 15.7. The molecule has 1 aliphatic heterocycles. The maximum absolute atomic E-state index is 13.3. The Kier molecular flexibility index (Phi) is 5.10. The lowest BCUT2D eigenvalue weighted by molar-refractivity contribution is -0.141. The Morgan fingerprint density at radius 2 is 1.73 bits per heavy atom. The molecule has 3 aromatic rings. The Hall–Kier alpha value is -3.87. The number of ketones is 2. The highest BCUT2D eigenvalue weighted by Gasteiger charge is 2.51. The van der Waals surface area contributed by atoms with E-state index in [1.165, 1.54) is 29.2 Å². The molecule has 7 heteroatoms. The summed E-state index contributed by atoms with van der Waals surface area (Å²) in [6.45, 7) is 0.0944. The Morgan fingerprint density at radius 1 is 1.03 bits per heavy atom. The summed E-state index contributed by atoms with van der Waals surface area (Å²) in [4.78, 5) is 44.3. The monoisotopic (exact) mass is 404 g/mol. The van der Waals surface area contributed by atoms with Crippen molar-refractivity contribution >= 4 is 17.5 Å². The summed E-state index contributed by atoms with van der Waals surface area (Å²) in [5.74, 6) is -3.89. The van der Waals surface area contributed by atoms with Crippen molar-refractivity contribution in [2.45, 2.75) is 12.6 Å². The summed E-state index contributed by atoms with van der Waals surface area (Å²) in [6.07, 6.45) is 3.18. The second-order valence-electron chi connectivity index (χ2n) is 7.04. The molecule has 1 saturated heterocycles. The van der Waals surface area contributed by atoms with Crippen LogP contribution >= 0.6 is 0 Å². The van der Waals surface area contributed by atoms with E-state index in [1.54, 1.807) is 36.7 Å². The van der Waals surface area contributed by atoms with Crippen LogP contribution in [0.2, 0.25) is 0 Å². The van der Waals surface area contributed by atoms with Gasteiger partial charge in [-0.3, -0.25) is 19.4 Å². The van der Waals surface area contributed by atoms with Gasteiger partial charge in [-0.15, -0.1) is 0 Å². The van der Waals surface area contributed by atoms with Gasteiger partial charge < -0.3 is 10.0 Å². The zero-order chi connectivity index (χ0) is 21.3. The summed E-state index contributed by atoms with van der Waals surface area (Å²) in [5, 5.41) is 9.63. The summed E-state index contributed by atoms with van der Waals surface area (Å²) < 4.78 is 13.3. The highest BCUT2D eigenvalue weighted by molar-refractivity contribution is 6.44. The number of phenols is 1. The highest BCUT2D eigenvalue weighted by Crippen LogP contribution is 2.39. The van der Waals surface area contributed by atoms with Crippen LogP contribution in [0.1, 0.15) is 27.5 Å². The first-order valence-electron chi connectivity index (χ1n) is 9.28. The molecule has 4 rings (SSSR count). The Bertz CT molecular complexity index is 1100. The number of aromatic nitrogens is 1. The largest absolute Gasteiger partial charge is 0.508 e. The van der Waals surface area contributed by atoms with Crippen LogP contribution in [-0.4, -0.2) is 32.5 Å². The van der Waals surface area contributed by atoms with Crippen LogP contribution in [0.15, 0.2) is 73.1 Å². The molecule has 1 aliphatic rings. The molecule has 1 amide bonds.